The van der Waals surface area contributed by atoms with E-state index >= 15 is 0 Å². The minimum absolute atomic E-state index is 0.0744. The van der Waals surface area contributed by atoms with Crippen LogP contribution in [0.25, 0.3) is 0 Å². The highest BCUT2D eigenvalue weighted by atomic mass is 35.5. The summed E-state index contributed by atoms with van der Waals surface area (Å²) in [6.07, 6.45) is 0. The predicted molar refractivity (Wildman–Crippen MR) is 81.7 cm³/mol. The van der Waals surface area contributed by atoms with Crippen LogP contribution in [0, 0.1) is 0 Å². The first kappa shape index (κ1) is 13.8. The second-order valence-corrected chi connectivity index (χ2v) is 5.32. The van der Waals surface area contributed by atoms with Crippen LogP contribution in [0.15, 0.2) is 53.4 Å². The molecule has 3 nitrogen and oxygen atoms in total. The van der Waals surface area contributed by atoms with Crippen LogP contribution in [0.4, 0.5) is 11.4 Å². The van der Waals surface area contributed by atoms with Gasteiger partial charge in [-0.25, -0.2) is 0 Å². The molecule has 0 spiro atoms. The summed E-state index contributed by atoms with van der Waals surface area (Å²) in [6.45, 7) is 0. The van der Waals surface area contributed by atoms with E-state index in [1.54, 1.807) is 18.2 Å². The fourth-order valence-corrected chi connectivity index (χ4v) is 2.56. The van der Waals surface area contributed by atoms with Crippen molar-refractivity contribution in [3.63, 3.8) is 0 Å². The van der Waals surface area contributed by atoms with Crippen LogP contribution in [0.5, 0.6) is 0 Å². The standard InChI is InChI=1S/C14H13ClN2OS/c15-12-7-6-10(16)8-13(12)19-9-14(18)17-11-4-2-1-3-5-11/h1-8H,9,16H2,(H,17,18). The van der Waals surface area contributed by atoms with Crippen LogP contribution in [-0.4, -0.2) is 11.7 Å². The van der Waals surface area contributed by atoms with E-state index < -0.39 is 0 Å². The van der Waals surface area contributed by atoms with Crippen LogP contribution in [0.2, 0.25) is 5.02 Å². The van der Waals surface area contributed by atoms with E-state index in [4.69, 9.17) is 17.3 Å². The van der Waals surface area contributed by atoms with Gasteiger partial charge in [-0.1, -0.05) is 29.8 Å². The van der Waals surface area contributed by atoms with E-state index in [0.717, 1.165) is 10.6 Å². The van der Waals surface area contributed by atoms with E-state index in [1.807, 2.05) is 30.3 Å². The molecule has 0 aliphatic carbocycles. The van der Waals surface area contributed by atoms with Crippen molar-refractivity contribution in [1.82, 2.24) is 0 Å². The van der Waals surface area contributed by atoms with E-state index in [9.17, 15) is 4.79 Å². The molecule has 5 heteroatoms. The molecule has 0 fully saturated rings. The zero-order valence-electron chi connectivity index (χ0n) is 10.1. The zero-order chi connectivity index (χ0) is 13.7. The maximum absolute atomic E-state index is 11.8. The topological polar surface area (TPSA) is 55.1 Å². The maximum atomic E-state index is 11.8. The molecular weight excluding hydrogens is 280 g/mol. The quantitative estimate of drug-likeness (QED) is 0.668. The van der Waals surface area contributed by atoms with Gasteiger partial charge in [-0.2, -0.15) is 0 Å². The summed E-state index contributed by atoms with van der Waals surface area (Å²) in [4.78, 5) is 12.6. The predicted octanol–water partition coefficient (Wildman–Crippen LogP) is 3.65. The summed E-state index contributed by atoms with van der Waals surface area (Å²) in [6, 6.07) is 14.6. The van der Waals surface area contributed by atoms with Gasteiger partial charge in [0.05, 0.1) is 10.8 Å². The number of amides is 1. The summed E-state index contributed by atoms with van der Waals surface area (Å²) in [5, 5.41) is 3.42. The maximum Gasteiger partial charge on any atom is 0.234 e. The summed E-state index contributed by atoms with van der Waals surface area (Å²) in [5.41, 5.74) is 7.10. The molecule has 2 aromatic carbocycles. The van der Waals surface area contributed by atoms with Gasteiger partial charge in [-0.15, -0.1) is 11.8 Å². The number of anilines is 2. The number of nitrogen functional groups attached to an aromatic ring is 1. The second kappa shape index (κ2) is 6.50. The largest absolute Gasteiger partial charge is 0.399 e. The van der Waals surface area contributed by atoms with Crippen LogP contribution < -0.4 is 11.1 Å². The first-order valence-electron chi connectivity index (χ1n) is 5.68. The van der Waals surface area contributed by atoms with Gasteiger partial charge in [-0.05, 0) is 30.3 Å². The lowest BCUT2D eigenvalue weighted by Crippen LogP contribution is -2.13. The number of carbonyl (C=O) groups is 1. The van der Waals surface area contributed by atoms with Crippen molar-refractivity contribution in [3.8, 4) is 0 Å². The summed E-state index contributed by atoms with van der Waals surface area (Å²) in [7, 11) is 0. The Balaban J connectivity index is 1.92. The number of para-hydroxylation sites is 1. The van der Waals surface area contributed by atoms with Gasteiger partial charge in [0.1, 0.15) is 0 Å². The lowest BCUT2D eigenvalue weighted by Gasteiger charge is -2.06. The normalized spacial score (nSPS) is 10.2. The van der Waals surface area contributed by atoms with Crippen molar-refractivity contribution in [2.24, 2.45) is 0 Å². The van der Waals surface area contributed by atoms with Crippen molar-refractivity contribution < 1.29 is 4.79 Å². The van der Waals surface area contributed by atoms with Crippen LogP contribution in [0.1, 0.15) is 0 Å². The van der Waals surface area contributed by atoms with Crippen molar-refractivity contribution in [2.45, 2.75) is 4.90 Å². The van der Waals surface area contributed by atoms with Crippen molar-refractivity contribution in [1.29, 1.82) is 0 Å². The fourth-order valence-electron chi connectivity index (χ4n) is 1.49. The summed E-state index contributed by atoms with van der Waals surface area (Å²) in [5.74, 6) is 0.215. The van der Waals surface area contributed by atoms with E-state index in [1.165, 1.54) is 11.8 Å². The van der Waals surface area contributed by atoms with Gasteiger partial charge in [0, 0.05) is 16.3 Å². The molecule has 0 atom stereocenters. The highest BCUT2D eigenvalue weighted by Crippen LogP contribution is 2.28. The molecule has 0 unspecified atom stereocenters. The SMILES string of the molecule is Nc1ccc(Cl)c(SCC(=O)Nc2ccccc2)c1. The Morgan fingerprint density at radius 3 is 2.68 bits per heavy atom. The average Bonchev–Trinajstić information content (AvgIpc) is 2.41. The Hall–Kier alpha value is -1.65. The van der Waals surface area contributed by atoms with E-state index in [2.05, 4.69) is 5.32 Å². The number of nitrogens with one attached hydrogen (secondary N) is 1. The highest BCUT2D eigenvalue weighted by Gasteiger charge is 2.06. The molecule has 0 heterocycles. The Morgan fingerprint density at radius 1 is 1.21 bits per heavy atom. The van der Waals surface area contributed by atoms with E-state index in [0.29, 0.717) is 10.7 Å². The number of hydrogen-bond acceptors (Lipinski definition) is 3. The zero-order valence-corrected chi connectivity index (χ0v) is 11.7. The van der Waals surface area contributed by atoms with Crippen LogP contribution in [0.3, 0.4) is 0 Å². The number of rotatable bonds is 4. The van der Waals surface area contributed by atoms with Crippen LogP contribution >= 0.6 is 23.4 Å². The third-order valence-electron chi connectivity index (χ3n) is 2.37. The van der Waals surface area contributed by atoms with Gasteiger partial charge < -0.3 is 11.1 Å². The lowest BCUT2D eigenvalue weighted by atomic mass is 10.3. The van der Waals surface area contributed by atoms with Gasteiger partial charge in [0.15, 0.2) is 0 Å². The monoisotopic (exact) mass is 292 g/mol. The van der Waals surface area contributed by atoms with Crippen molar-refractivity contribution in [2.75, 3.05) is 16.8 Å². The number of carbonyl (C=O) groups excluding carboxylic acids is 1. The van der Waals surface area contributed by atoms with E-state index in [-0.39, 0.29) is 11.7 Å². The molecule has 1 amide bonds. The smallest absolute Gasteiger partial charge is 0.234 e. The highest BCUT2D eigenvalue weighted by molar-refractivity contribution is 8.00. The summed E-state index contributed by atoms with van der Waals surface area (Å²) < 4.78 is 0. The Kier molecular flexibility index (Phi) is 4.71. The first-order chi connectivity index (χ1) is 9.15. The van der Waals surface area contributed by atoms with Crippen molar-refractivity contribution >= 4 is 40.6 Å². The molecule has 0 radical (unpaired) electrons. The van der Waals surface area contributed by atoms with Gasteiger partial charge in [0.2, 0.25) is 5.91 Å². The molecule has 0 aliphatic rings. The Labute approximate surface area is 121 Å². The number of nitrogens with two attached hydrogens (primary N) is 1. The lowest BCUT2D eigenvalue weighted by molar-refractivity contribution is -0.113. The van der Waals surface area contributed by atoms with Crippen LogP contribution in [-0.2, 0) is 4.79 Å². The molecule has 0 aliphatic heterocycles. The molecular formula is C14H13ClN2OS. The molecule has 2 aromatic rings. The molecule has 0 saturated carbocycles. The fraction of sp³-hybridized carbons (Fsp3) is 0.0714. The molecule has 98 valence electrons. The first-order valence-corrected chi connectivity index (χ1v) is 7.04. The van der Waals surface area contributed by atoms with Gasteiger partial charge in [0.25, 0.3) is 0 Å². The third-order valence-corrected chi connectivity index (χ3v) is 3.87. The Morgan fingerprint density at radius 2 is 1.95 bits per heavy atom. The van der Waals surface area contributed by atoms with Crippen molar-refractivity contribution in [3.05, 3.63) is 53.6 Å². The Bertz CT molecular complexity index is 575. The number of benzene rings is 2. The average molecular weight is 293 g/mol. The molecule has 0 aromatic heterocycles. The summed E-state index contributed by atoms with van der Waals surface area (Å²) >= 11 is 7.40. The molecule has 2 rings (SSSR count). The molecule has 19 heavy (non-hydrogen) atoms. The number of halogens is 1. The van der Waals surface area contributed by atoms with Gasteiger partial charge >= 0.3 is 0 Å². The molecule has 0 saturated heterocycles. The minimum atomic E-state index is -0.0744. The number of hydrogen-bond donors (Lipinski definition) is 2. The van der Waals surface area contributed by atoms with Gasteiger partial charge in [-0.3, -0.25) is 4.79 Å². The molecule has 0 bridgehead atoms. The second-order valence-electron chi connectivity index (χ2n) is 3.89. The minimum Gasteiger partial charge on any atom is -0.399 e. The number of thioether (sulfide) groups is 1. The third kappa shape index (κ3) is 4.19. The molecule has 3 N–H and O–H groups in total.